The second-order valence-corrected chi connectivity index (χ2v) is 7.60. The summed E-state index contributed by atoms with van der Waals surface area (Å²) in [6, 6.07) is 11.4. The number of nitrogens with zero attached hydrogens (tertiary/aromatic N) is 2. The van der Waals surface area contributed by atoms with E-state index in [-0.39, 0.29) is 30.0 Å². The molecule has 1 aliphatic heterocycles. The van der Waals surface area contributed by atoms with Gasteiger partial charge < -0.3 is 4.74 Å². The van der Waals surface area contributed by atoms with Gasteiger partial charge in [0.1, 0.15) is 0 Å². The van der Waals surface area contributed by atoms with E-state index in [2.05, 4.69) is 21.4 Å². The van der Waals surface area contributed by atoms with Crippen LogP contribution >= 0.6 is 15.9 Å². The number of Topliss-reactive ketones (excluding diaryl/α,β-unsaturated/α-hetero) is 1. The number of non-ortho nitro benzene ring substituents is 1. The Balaban J connectivity index is 1.52. The maximum absolute atomic E-state index is 12.3. The summed E-state index contributed by atoms with van der Waals surface area (Å²) in [6.07, 6.45) is -0.175. The molecule has 160 valence electrons. The zero-order valence-corrected chi connectivity index (χ0v) is 17.5. The van der Waals surface area contributed by atoms with Crippen molar-refractivity contribution in [3.05, 3.63) is 74.2 Å². The van der Waals surface area contributed by atoms with Crippen molar-refractivity contribution in [3.8, 4) is 0 Å². The Kier molecular flexibility index (Phi) is 6.75. The number of nitro benzene ring substituents is 1. The van der Waals surface area contributed by atoms with Gasteiger partial charge in [0.2, 0.25) is 5.91 Å². The molecular weight excluding hydrogens is 474 g/mol. The molecule has 2 aromatic rings. The van der Waals surface area contributed by atoms with Gasteiger partial charge >= 0.3 is 5.97 Å². The number of hydrogen-bond acceptors (Lipinski definition) is 7. The molecule has 0 spiro atoms. The van der Waals surface area contributed by atoms with Crippen molar-refractivity contribution in [2.24, 2.45) is 5.92 Å². The lowest BCUT2D eigenvalue weighted by atomic mass is 10.1. The largest absolute Gasteiger partial charge is 0.457 e. The number of halogens is 1. The number of ether oxygens (including phenoxy) is 1. The van der Waals surface area contributed by atoms with Gasteiger partial charge in [-0.1, -0.05) is 28.1 Å². The number of ketones is 1. The van der Waals surface area contributed by atoms with Crippen LogP contribution in [0.1, 0.15) is 27.1 Å². The molecule has 1 N–H and O–H groups in total. The van der Waals surface area contributed by atoms with Crippen LogP contribution in [0.3, 0.4) is 0 Å². The molecular formula is C20H16BrN3O7. The number of carbonyl (C=O) groups excluding carboxylic acids is 4. The van der Waals surface area contributed by atoms with Gasteiger partial charge in [-0.15, -0.1) is 0 Å². The number of hydrazine groups is 1. The van der Waals surface area contributed by atoms with E-state index >= 15 is 0 Å². The molecule has 1 atom stereocenters. The molecule has 0 aromatic heterocycles. The third-order valence-electron chi connectivity index (χ3n) is 4.55. The van der Waals surface area contributed by atoms with E-state index in [1.807, 2.05) is 0 Å². The number of benzene rings is 2. The minimum atomic E-state index is -0.831. The summed E-state index contributed by atoms with van der Waals surface area (Å²) in [5, 5.41) is 11.7. The van der Waals surface area contributed by atoms with E-state index in [0.717, 1.165) is 9.48 Å². The van der Waals surface area contributed by atoms with Gasteiger partial charge in [0.05, 0.1) is 17.4 Å². The average molecular weight is 490 g/mol. The summed E-state index contributed by atoms with van der Waals surface area (Å²) in [5.74, 6) is -3.07. The fraction of sp³-hybridized carbons (Fsp3) is 0.200. The Morgan fingerprint density at radius 2 is 1.71 bits per heavy atom. The number of nitro groups is 1. The molecule has 3 rings (SSSR count). The first-order chi connectivity index (χ1) is 14.7. The summed E-state index contributed by atoms with van der Waals surface area (Å²) in [4.78, 5) is 58.8. The summed E-state index contributed by atoms with van der Waals surface area (Å²) in [6.45, 7) is -0.566. The maximum atomic E-state index is 12.3. The van der Waals surface area contributed by atoms with Gasteiger partial charge in [0.25, 0.3) is 11.6 Å². The number of amides is 2. The lowest BCUT2D eigenvalue weighted by molar-refractivity contribution is -0.384. The normalized spacial score (nSPS) is 15.5. The summed E-state index contributed by atoms with van der Waals surface area (Å²) < 4.78 is 5.85. The highest BCUT2D eigenvalue weighted by atomic mass is 79.9. The van der Waals surface area contributed by atoms with Crippen LogP contribution in [0.5, 0.6) is 0 Å². The molecule has 31 heavy (non-hydrogen) atoms. The van der Waals surface area contributed by atoms with Crippen molar-refractivity contribution in [3.63, 3.8) is 0 Å². The molecule has 2 amide bonds. The number of hydrogen-bond donors (Lipinski definition) is 1. The molecule has 0 bridgehead atoms. The van der Waals surface area contributed by atoms with Crippen LogP contribution in [0.4, 0.5) is 5.69 Å². The fourth-order valence-electron chi connectivity index (χ4n) is 2.87. The van der Waals surface area contributed by atoms with E-state index < -0.39 is 35.2 Å². The molecule has 0 saturated carbocycles. The van der Waals surface area contributed by atoms with Gasteiger partial charge in [-0.25, -0.2) is 0 Å². The molecule has 10 nitrogen and oxygen atoms in total. The standard InChI is InChI=1S/C20H16BrN3O7/c21-15-5-1-12(2-6-15)17(25)11-31-20(28)14-9-18(26)23(10-14)22-19(27)13-3-7-16(8-4-13)24(29)30/h1-8,14H,9-11H2,(H,22,27)/t14-/m1/s1. The Bertz CT molecular complexity index is 1040. The predicted octanol–water partition coefficient (Wildman–Crippen LogP) is 2.28. The SMILES string of the molecule is O=C(COC(=O)[C@@H]1CC(=O)N(NC(=O)c2ccc([N+](=O)[O-])cc2)C1)c1ccc(Br)cc1. The molecule has 0 unspecified atom stereocenters. The minimum absolute atomic E-state index is 0.108. The van der Waals surface area contributed by atoms with Crippen LogP contribution in [0.2, 0.25) is 0 Å². The number of rotatable bonds is 7. The summed E-state index contributed by atoms with van der Waals surface area (Å²) in [7, 11) is 0. The molecule has 0 radical (unpaired) electrons. The highest BCUT2D eigenvalue weighted by Crippen LogP contribution is 2.19. The second kappa shape index (κ2) is 9.47. The van der Waals surface area contributed by atoms with Crippen molar-refractivity contribution < 1.29 is 28.8 Å². The molecule has 1 aliphatic rings. The van der Waals surface area contributed by atoms with E-state index in [1.54, 1.807) is 24.3 Å². The quantitative estimate of drug-likeness (QED) is 0.272. The van der Waals surface area contributed by atoms with E-state index in [9.17, 15) is 29.3 Å². The first-order valence-electron chi connectivity index (χ1n) is 9.06. The highest BCUT2D eigenvalue weighted by Gasteiger charge is 2.36. The van der Waals surface area contributed by atoms with Gasteiger partial charge in [0.15, 0.2) is 12.4 Å². The van der Waals surface area contributed by atoms with E-state index in [0.29, 0.717) is 5.56 Å². The lowest BCUT2D eigenvalue weighted by Crippen LogP contribution is -2.43. The van der Waals surface area contributed by atoms with Crippen molar-refractivity contribution in [1.82, 2.24) is 10.4 Å². The van der Waals surface area contributed by atoms with E-state index in [4.69, 9.17) is 4.74 Å². The van der Waals surface area contributed by atoms with Crippen LogP contribution in [-0.4, -0.2) is 46.7 Å². The van der Waals surface area contributed by atoms with Crippen LogP contribution in [0.25, 0.3) is 0 Å². The molecule has 1 fully saturated rings. The number of carbonyl (C=O) groups is 4. The first-order valence-corrected chi connectivity index (χ1v) is 9.85. The highest BCUT2D eigenvalue weighted by molar-refractivity contribution is 9.10. The van der Waals surface area contributed by atoms with Crippen molar-refractivity contribution in [2.75, 3.05) is 13.2 Å². The number of esters is 1. The number of nitrogens with one attached hydrogen (secondary N) is 1. The topological polar surface area (TPSA) is 136 Å². The molecule has 1 heterocycles. The lowest BCUT2D eigenvalue weighted by Gasteiger charge is -2.17. The first kappa shape index (κ1) is 22.1. The average Bonchev–Trinajstić information content (AvgIpc) is 3.12. The summed E-state index contributed by atoms with van der Waals surface area (Å²) in [5.41, 5.74) is 2.70. The Morgan fingerprint density at radius 1 is 1.10 bits per heavy atom. The van der Waals surface area contributed by atoms with Gasteiger partial charge in [-0.3, -0.25) is 39.7 Å². The zero-order valence-electron chi connectivity index (χ0n) is 15.9. The van der Waals surface area contributed by atoms with Gasteiger partial charge in [0, 0.05) is 34.2 Å². The summed E-state index contributed by atoms with van der Waals surface area (Å²) >= 11 is 3.26. The van der Waals surface area contributed by atoms with Crippen LogP contribution in [0.15, 0.2) is 53.0 Å². The Labute approximate surface area is 184 Å². The minimum Gasteiger partial charge on any atom is -0.457 e. The predicted molar refractivity (Wildman–Crippen MR) is 110 cm³/mol. The van der Waals surface area contributed by atoms with Gasteiger partial charge in [-0.05, 0) is 24.3 Å². The fourth-order valence-corrected chi connectivity index (χ4v) is 3.13. The van der Waals surface area contributed by atoms with Crippen LogP contribution in [-0.2, 0) is 14.3 Å². The van der Waals surface area contributed by atoms with Gasteiger partial charge in [-0.2, -0.15) is 0 Å². The molecule has 2 aromatic carbocycles. The Morgan fingerprint density at radius 3 is 2.32 bits per heavy atom. The monoisotopic (exact) mass is 489 g/mol. The second-order valence-electron chi connectivity index (χ2n) is 6.69. The van der Waals surface area contributed by atoms with Crippen molar-refractivity contribution in [1.29, 1.82) is 0 Å². The van der Waals surface area contributed by atoms with E-state index in [1.165, 1.54) is 24.3 Å². The molecule has 1 saturated heterocycles. The third kappa shape index (κ3) is 5.51. The van der Waals surface area contributed by atoms with Crippen LogP contribution < -0.4 is 5.43 Å². The zero-order chi connectivity index (χ0) is 22.5. The molecule has 0 aliphatic carbocycles. The van der Waals surface area contributed by atoms with Crippen molar-refractivity contribution in [2.45, 2.75) is 6.42 Å². The molecule has 11 heteroatoms. The van der Waals surface area contributed by atoms with Crippen LogP contribution in [0, 0.1) is 16.0 Å². The van der Waals surface area contributed by atoms with Crippen molar-refractivity contribution >= 4 is 45.2 Å². The smallest absolute Gasteiger partial charge is 0.311 e. The Hall–Kier alpha value is -3.60. The third-order valence-corrected chi connectivity index (χ3v) is 5.08. The maximum Gasteiger partial charge on any atom is 0.311 e.